The largest absolute Gasteiger partial charge is 0.0654 e. The third-order valence-corrected chi connectivity index (χ3v) is 6.65. The van der Waals surface area contributed by atoms with Gasteiger partial charge in [0.25, 0.3) is 0 Å². The van der Waals surface area contributed by atoms with E-state index in [9.17, 15) is 0 Å². The summed E-state index contributed by atoms with van der Waals surface area (Å²) in [6.07, 6.45) is 15.0. The highest BCUT2D eigenvalue weighted by molar-refractivity contribution is 5.33. The second-order valence-electron chi connectivity index (χ2n) is 8.91. The number of hydrogen-bond donors (Lipinski definition) is 0. The monoisotopic (exact) mass is 392 g/mol. The second-order valence-corrected chi connectivity index (χ2v) is 8.91. The van der Waals surface area contributed by atoms with Crippen molar-refractivity contribution in [1.82, 2.24) is 0 Å². The van der Waals surface area contributed by atoms with Crippen LogP contribution in [-0.4, -0.2) is 0 Å². The van der Waals surface area contributed by atoms with Gasteiger partial charge in [-0.3, -0.25) is 0 Å². The van der Waals surface area contributed by atoms with Gasteiger partial charge >= 0.3 is 0 Å². The van der Waals surface area contributed by atoms with E-state index >= 15 is 0 Å². The molecule has 0 saturated carbocycles. The number of unbranched alkanes of at least 4 members (excludes halogenated alkanes) is 5. The molecule has 160 valence electrons. The molecule has 0 aliphatic carbocycles. The van der Waals surface area contributed by atoms with Gasteiger partial charge in [-0.05, 0) is 35.8 Å². The van der Waals surface area contributed by atoms with Crippen LogP contribution < -0.4 is 0 Å². The molecule has 2 aromatic rings. The zero-order chi connectivity index (χ0) is 20.7. The lowest BCUT2D eigenvalue weighted by molar-refractivity contribution is 0.294. The zero-order valence-corrected chi connectivity index (χ0v) is 19.3. The van der Waals surface area contributed by atoms with E-state index in [0.29, 0.717) is 5.92 Å². The quantitative estimate of drug-likeness (QED) is 0.265. The number of benzene rings is 2. The molecule has 0 N–H and O–H groups in total. The first-order valence-corrected chi connectivity index (χ1v) is 12.4. The average Bonchev–Trinajstić information content (AvgIpc) is 2.77. The molecule has 0 saturated heterocycles. The molecule has 2 atom stereocenters. The minimum atomic E-state index is 0.527. The third-order valence-electron chi connectivity index (χ3n) is 6.65. The topological polar surface area (TPSA) is 0 Å². The van der Waals surface area contributed by atoms with Crippen LogP contribution in [-0.2, 0) is 0 Å². The van der Waals surface area contributed by atoms with E-state index < -0.39 is 0 Å². The van der Waals surface area contributed by atoms with Gasteiger partial charge < -0.3 is 0 Å². The van der Waals surface area contributed by atoms with Crippen LogP contribution in [0.2, 0.25) is 0 Å². The van der Waals surface area contributed by atoms with Crippen LogP contribution in [0.4, 0.5) is 0 Å². The summed E-state index contributed by atoms with van der Waals surface area (Å²) in [5.74, 6) is 2.13. The summed E-state index contributed by atoms with van der Waals surface area (Å²) in [5, 5.41) is 0. The van der Waals surface area contributed by atoms with Crippen molar-refractivity contribution in [2.45, 2.75) is 97.3 Å². The predicted octanol–water partition coefficient (Wildman–Crippen LogP) is 9.40. The van der Waals surface area contributed by atoms with Crippen LogP contribution >= 0.6 is 0 Å². The molecule has 2 aromatic carbocycles. The van der Waals surface area contributed by atoms with Crippen LogP contribution in [0.15, 0.2) is 60.7 Å². The van der Waals surface area contributed by atoms with E-state index in [2.05, 4.69) is 81.4 Å². The van der Waals surface area contributed by atoms with E-state index in [1.54, 1.807) is 0 Å². The van der Waals surface area contributed by atoms with Crippen molar-refractivity contribution in [2.75, 3.05) is 0 Å². The molecule has 2 unspecified atom stereocenters. The molecule has 0 aliphatic heterocycles. The fraction of sp³-hybridized carbons (Fsp3) is 0.586. The molecular weight excluding hydrogens is 348 g/mol. The average molecular weight is 393 g/mol. The van der Waals surface area contributed by atoms with E-state index in [1.807, 2.05) is 0 Å². The summed E-state index contributed by atoms with van der Waals surface area (Å²) in [7, 11) is 0. The van der Waals surface area contributed by atoms with Gasteiger partial charge in [0.2, 0.25) is 0 Å². The molecule has 0 spiro atoms. The zero-order valence-electron chi connectivity index (χ0n) is 19.3. The Labute approximate surface area is 181 Å². The van der Waals surface area contributed by atoms with E-state index in [1.165, 1.54) is 81.8 Å². The maximum absolute atomic E-state index is 2.40. The molecule has 0 aromatic heterocycles. The van der Waals surface area contributed by atoms with Crippen LogP contribution in [0.25, 0.3) is 0 Å². The third kappa shape index (κ3) is 8.37. The second kappa shape index (κ2) is 14.4. The molecule has 0 amide bonds. The highest BCUT2D eigenvalue weighted by Crippen LogP contribution is 2.40. The summed E-state index contributed by atoms with van der Waals surface area (Å²) >= 11 is 0. The summed E-state index contributed by atoms with van der Waals surface area (Å²) in [6.45, 7) is 7.04. The SMILES string of the molecule is CCCCCCCC(CC(CC)CCCC)C(c1ccccc1)c1ccccc1. The Morgan fingerprint density at radius 2 is 1.14 bits per heavy atom. The fourth-order valence-corrected chi connectivity index (χ4v) is 4.90. The van der Waals surface area contributed by atoms with Gasteiger partial charge in [0, 0.05) is 5.92 Å². The molecule has 29 heavy (non-hydrogen) atoms. The van der Waals surface area contributed by atoms with Crippen molar-refractivity contribution in [2.24, 2.45) is 11.8 Å². The molecule has 0 aliphatic rings. The van der Waals surface area contributed by atoms with Crippen molar-refractivity contribution < 1.29 is 0 Å². The number of hydrogen-bond acceptors (Lipinski definition) is 0. The molecule has 0 heterocycles. The lowest BCUT2D eigenvalue weighted by atomic mass is 9.73. The maximum Gasteiger partial charge on any atom is 0.0118 e. The summed E-state index contributed by atoms with van der Waals surface area (Å²) in [6, 6.07) is 22.6. The maximum atomic E-state index is 2.40. The van der Waals surface area contributed by atoms with E-state index in [4.69, 9.17) is 0 Å². The fourth-order valence-electron chi connectivity index (χ4n) is 4.90. The number of rotatable bonds is 15. The van der Waals surface area contributed by atoms with Crippen LogP contribution in [0.5, 0.6) is 0 Å². The van der Waals surface area contributed by atoms with Gasteiger partial charge in [-0.25, -0.2) is 0 Å². The summed E-state index contributed by atoms with van der Waals surface area (Å²) in [5.41, 5.74) is 3.00. The molecule has 0 heteroatoms. The lowest BCUT2D eigenvalue weighted by Gasteiger charge is -2.31. The molecule has 0 bridgehead atoms. The minimum Gasteiger partial charge on any atom is -0.0654 e. The van der Waals surface area contributed by atoms with Crippen molar-refractivity contribution in [3.05, 3.63) is 71.8 Å². The Hall–Kier alpha value is -1.56. The van der Waals surface area contributed by atoms with Crippen LogP contribution in [0.3, 0.4) is 0 Å². The van der Waals surface area contributed by atoms with E-state index in [-0.39, 0.29) is 0 Å². The van der Waals surface area contributed by atoms with Crippen molar-refractivity contribution >= 4 is 0 Å². The van der Waals surface area contributed by atoms with Gasteiger partial charge in [-0.2, -0.15) is 0 Å². The van der Waals surface area contributed by atoms with Crippen LogP contribution in [0, 0.1) is 11.8 Å². The first-order chi connectivity index (χ1) is 14.3. The van der Waals surface area contributed by atoms with Crippen molar-refractivity contribution in [3.8, 4) is 0 Å². The van der Waals surface area contributed by atoms with Gasteiger partial charge in [0.1, 0.15) is 0 Å². The van der Waals surface area contributed by atoms with Crippen molar-refractivity contribution in [3.63, 3.8) is 0 Å². The van der Waals surface area contributed by atoms with Crippen molar-refractivity contribution in [1.29, 1.82) is 0 Å². The van der Waals surface area contributed by atoms with Gasteiger partial charge in [0.15, 0.2) is 0 Å². The van der Waals surface area contributed by atoms with Gasteiger partial charge in [-0.15, -0.1) is 0 Å². The normalized spacial score (nSPS) is 13.5. The van der Waals surface area contributed by atoms with Gasteiger partial charge in [0.05, 0.1) is 0 Å². The Kier molecular flexibility index (Phi) is 11.8. The highest BCUT2D eigenvalue weighted by atomic mass is 14.3. The molecule has 0 fully saturated rings. The van der Waals surface area contributed by atoms with Crippen LogP contribution in [0.1, 0.15) is 108 Å². The molecule has 0 radical (unpaired) electrons. The Bertz CT molecular complexity index is 576. The molecule has 2 rings (SSSR count). The summed E-state index contributed by atoms with van der Waals surface area (Å²) in [4.78, 5) is 0. The Morgan fingerprint density at radius 3 is 1.66 bits per heavy atom. The highest BCUT2D eigenvalue weighted by Gasteiger charge is 2.26. The smallest absolute Gasteiger partial charge is 0.0118 e. The predicted molar refractivity (Wildman–Crippen MR) is 130 cm³/mol. The van der Waals surface area contributed by atoms with E-state index in [0.717, 1.165) is 11.8 Å². The first kappa shape index (κ1) is 23.7. The van der Waals surface area contributed by atoms with Gasteiger partial charge in [-0.1, -0.05) is 139 Å². The minimum absolute atomic E-state index is 0.527. The molecule has 0 nitrogen and oxygen atoms in total. The first-order valence-electron chi connectivity index (χ1n) is 12.4. The lowest BCUT2D eigenvalue weighted by Crippen LogP contribution is -2.19. The Morgan fingerprint density at radius 1 is 0.586 bits per heavy atom. The summed E-state index contributed by atoms with van der Waals surface area (Å²) < 4.78 is 0. The standard InChI is InChI=1S/C29H44/c1-4-7-9-10-13-23-28(24-25(6-3)18-8-5-2)29(26-19-14-11-15-20-26)27-21-16-12-17-22-27/h11-12,14-17,19-22,25,28-29H,4-10,13,18,23-24H2,1-3H3. The Balaban J connectivity index is 2.24. The molecular formula is C29H44.